The minimum absolute atomic E-state index is 0.160. The van der Waals surface area contributed by atoms with Gasteiger partial charge in [-0.25, -0.2) is 8.78 Å². The van der Waals surface area contributed by atoms with Gasteiger partial charge in [-0.3, -0.25) is 4.79 Å². The first-order chi connectivity index (χ1) is 12.0. The van der Waals surface area contributed by atoms with Crippen LogP contribution in [-0.2, 0) is 4.79 Å². The molecule has 0 N–H and O–H groups in total. The topological polar surface area (TPSA) is 38.8 Å². The van der Waals surface area contributed by atoms with Crippen molar-refractivity contribution in [3.05, 3.63) is 54.1 Å². The summed E-state index contributed by atoms with van der Waals surface area (Å²) >= 11 is 0. The summed E-state index contributed by atoms with van der Waals surface area (Å²) in [6.45, 7) is 2.55. The zero-order valence-electron chi connectivity index (χ0n) is 14.3. The molecule has 0 bridgehead atoms. The van der Waals surface area contributed by atoms with E-state index in [2.05, 4.69) is 0 Å². The Balaban J connectivity index is 1.84. The Bertz CT molecular complexity index is 704. The van der Waals surface area contributed by atoms with E-state index in [9.17, 15) is 13.6 Å². The minimum Gasteiger partial charge on any atom is -0.497 e. The van der Waals surface area contributed by atoms with E-state index in [1.807, 2.05) is 0 Å². The van der Waals surface area contributed by atoms with Gasteiger partial charge in [0.25, 0.3) is 0 Å². The fraction of sp³-hybridized carbons (Fsp3) is 0.316. The molecule has 4 nitrogen and oxygen atoms in total. The predicted octanol–water partition coefficient (Wildman–Crippen LogP) is 4.19. The van der Waals surface area contributed by atoms with Crippen LogP contribution in [0, 0.1) is 11.6 Å². The zero-order chi connectivity index (χ0) is 18.2. The smallest absolute Gasteiger partial charge is 0.227 e. The summed E-state index contributed by atoms with van der Waals surface area (Å²) in [5, 5.41) is 0. The van der Waals surface area contributed by atoms with E-state index < -0.39 is 11.6 Å². The molecule has 0 atom stereocenters. The summed E-state index contributed by atoms with van der Waals surface area (Å²) < 4.78 is 37.0. The first-order valence-corrected chi connectivity index (χ1v) is 8.07. The van der Waals surface area contributed by atoms with Crippen LogP contribution in [0.15, 0.2) is 42.5 Å². The molecule has 0 aromatic heterocycles. The molecule has 0 spiro atoms. The van der Waals surface area contributed by atoms with E-state index in [4.69, 9.17) is 9.47 Å². The van der Waals surface area contributed by atoms with Gasteiger partial charge in [-0.15, -0.1) is 0 Å². The minimum atomic E-state index is -0.966. The Morgan fingerprint density at radius 3 is 2.32 bits per heavy atom. The molecule has 0 aliphatic heterocycles. The summed E-state index contributed by atoms with van der Waals surface area (Å²) in [5.74, 6) is -0.618. The monoisotopic (exact) mass is 349 g/mol. The fourth-order valence-electron chi connectivity index (χ4n) is 2.38. The third kappa shape index (κ3) is 5.17. The SMILES string of the molecule is CCN(C(=O)CCCOc1ccc(OC)cc1)c1ccc(F)c(F)c1. The van der Waals surface area contributed by atoms with Crippen molar-refractivity contribution in [2.75, 3.05) is 25.2 Å². The number of ether oxygens (including phenoxy) is 2. The molecule has 2 rings (SSSR count). The number of anilines is 1. The van der Waals surface area contributed by atoms with E-state index in [0.717, 1.165) is 17.9 Å². The molecule has 0 unspecified atom stereocenters. The molecule has 0 radical (unpaired) electrons. The lowest BCUT2D eigenvalue weighted by Crippen LogP contribution is -2.30. The fourth-order valence-corrected chi connectivity index (χ4v) is 2.38. The first-order valence-electron chi connectivity index (χ1n) is 8.07. The van der Waals surface area contributed by atoms with E-state index in [1.165, 1.54) is 11.0 Å². The van der Waals surface area contributed by atoms with Gasteiger partial charge in [-0.2, -0.15) is 0 Å². The Morgan fingerprint density at radius 2 is 1.72 bits per heavy atom. The molecule has 0 heterocycles. The number of methoxy groups -OCH3 is 1. The van der Waals surface area contributed by atoms with Gasteiger partial charge in [0.2, 0.25) is 5.91 Å². The van der Waals surface area contributed by atoms with Crippen LogP contribution in [0.1, 0.15) is 19.8 Å². The third-order valence-corrected chi connectivity index (χ3v) is 3.70. The maximum atomic E-state index is 13.3. The van der Waals surface area contributed by atoms with Crippen molar-refractivity contribution >= 4 is 11.6 Å². The number of hydrogen-bond acceptors (Lipinski definition) is 3. The quantitative estimate of drug-likeness (QED) is 0.671. The second-order valence-corrected chi connectivity index (χ2v) is 5.36. The number of halogens is 2. The Labute approximate surface area is 146 Å². The highest BCUT2D eigenvalue weighted by atomic mass is 19.2. The Morgan fingerprint density at radius 1 is 1.04 bits per heavy atom. The average molecular weight is 349 g/mol. The molecular formula is C19H21F2NO3. The lowest BCUT2D eigenvalue weighted by molar-refractivity contribution is -0.118. The van der Waals surface area contributed by atoms with Gasteiger partial charge in [-0.1, -0.05) is 0 Å². The highest BCUT2D eigenvalue weighted by Gasteiger charge is 2.15. The molecule has 6 heteroatoms. The van der Waals surface area contributed by atoms with E-state index in [1.54, 1.807) is 38.3 Å². The number of carbonyl (C=O) groups excluding carboxylic acids is 1. The molecule has 0 saturated carbocycles. The van der Waals surface area contributed by atoms with Crippen molar-refractivity contribution in [2.45, 2.75) is 19.8 Å². The second-order valence-electron chi connectivity index (χ2n) is 5.36. The predicted molar refractivity (Wildman–Crippen MR) is 92.1 cm³/mol. The summed E-state index contributed by atoms with van der Waals surface area (Å²) in [5.41, 5.74) is 0.350. The summed E-state index contributed by atoms with van der Waals surface area (Å²) in [7, 11) is 1.59. The Kier molecular flexibility index (Phi) is 6.74. The standard InChI is InChI=1S/C19H21F2NO3/c1-3-22(14-6-11-17(20)18(21)13-14)19(23)5-4-12-25-16-9-7-15(24-2)8-10-16/h6-11,13H,3-5,12H2,1-2H3. The molecule has 134 valence electrons. The lowest BCUT2D eigenvalue weighted by Gasteiger charge is -2.21. The molecular weight excluding hydrogens is 328 g/mol. The number of amides is 1. The number of nitrogens with zero attached hydrogens (tertiary/aromatic N) is 1. The van der Waals surface area contributed by atoms with Crippen LogP contribution in [0.4, 0.5) is 14.5 Å². The van der Waals surface area contributed by atoms with Crippen LogP contribution in [0.2, 0.25) is 0 Å². The maximum Gasteiger partial charge on any atom is 0.227 e. The van der Waals surface area contributed by atoms with Crippen molar-refractivity contribution in [1.82, 2.24) is 0 Å². The van der Waals surface area contributed by atoms with Gasteiger partial charge in [-0.05, 0) is 49.7 Å². The third-order valence-electron chi connectivity index (χ3n) is 3.70. The molecule has 0 saturated heterocycles. The number of hydrogen-bond donors (Lipinski definition) is 0. The largest absolute Gasteiger partial charge is 0.497 e. The molecule has 0 aliphatic carbocycles. The summed E-state index contributed by atoms with van der Waals surface area (Å²) in [6.07, 6.45) is 0.772. The highest BCUT2D eigenvalue weighted by Crippen LogP contribution is 2.20. The van der Waals surface area contributed by atoms with Crippen LogP contribution in [-0.4, -0.2) is 26.2 Å². The normalized spacial score (nSPS) is 10.4. The van der Waals surface area contributed by atoms with Gasteiger partial charge in [0, 0.05) is 24.7 Å². The second kappa shape index (κ2) is 9.01. The van der Waals surface area contributed by atoms with Gasteiger partial charge >= 0.3 is 0 Å². The average Bonchev–Trinajstić information content (AvgIpc) is 2.63. The van der Waals surface area contributed by atoms with Crippen molar-refractivity contribution < 1.29 is 23.0 Å². The molecule has 0 fully saturated rings. The van der Waals surface area contributed by atoms with E-state index in [0.29, 0.717) is 31.0 Å². The number of benzene rings is 2. The van der Waals surface area contributed by atoms with Crippen LogP contribution in [0.5, 0.6) is 11.5 Å². The van der Waals surface area contributed by atoms with Gasteiger partial charge in [0.1, 0.15) is 11.5 Å². The summed E-state index contributed by atoms with van der Waals surface area (Å²) in [6, 6.07) is 10.6. The van der Waals surface area contributed by atoms with Crippen LogP contribution in [0.3, 0.4) is 0 Å². The van der Waals surface area contributed by atoms with Crippen molar-refractivity contribution in [2.24, 2.45) is 0 Å². The highest BCUT2D eigenvalue weighted by molar-refractivity contribution is 5.93. The van der Waals surface area contributed by atoms with Gasteiger partial charge in [0.15, 0.2) is 11.6 Å². The maximum absolute atomic E-state index is 13.3. The van der Waals surface area contributed by atoms with Crippen molar-refractivity contribution in [3.63, 3.8) is 0 Å². The van der Waals surface area contributed by atoms with Crippen LogP contribution < -0.4 is 14.4 Å². The number of rotatable bonds is 8. The molecule has 25 heavy (non-hydrogen) atoms. The first kappa shape index (κ1) is 18.7. The van der Waals surface area contributed by atoms with Crippen molar-refractivity contribution in [3.8, 4) is 11.5 Å². The number of carbonyl (C=O) groups is 1. The zero-order valence-corrected chi connectivity index (χ0v) is 14.3. The summed E-state index contributed by atoms with van der Waals surface area (Å²) in [4.78, 5) is 13.7. The molecule has 2 aromatic rings. The van der Waals surface area contributed by atoms with Gasteiger partial charge in [0.05, 0.1) is 13.7 Å². The van der Waals surface area contributed by atoms with Crippen LogP contribution in [0.25, 0.3) is 0 Å². The van der Waals surface area contributed by atoms with E-state index >= 15 is 0 Å². The van der Waals surface area contributed by atoms with Crippen molar-refractivity contribution in [1.29, 1.82) is 0 Å². The van der Waals surface area contributed by atoms with E-state index in [-0.39, 0.29) is 12.3 Å². The Hall–Kier alpha value is -2.63. The van der Waals surface area contributed by atoms with Crippen LogP contribution >= 0.6 is 0 Å². The van der Waals surface area contributed by atoms with Gasteiger partial charge < -0.3 is 14.4 Å². The molecule has 0 aliphatic rings. The molecule has 2 aromatic carbocycles. The lowest BCUT2D eigenvalue weighted by atomic mass is 10.2. The molecule has 1 amide bonds.